The van der Waals surface area contributed by atoms with Crippen molar-refractivity contribution in [2.45, 2.75) is 32.4 Å². The minimum Gasteiger partial charge on any atom is -0.330 e. The van der Waals surface area contributed by atoms with Gasteiger partial charge in [-0.25, -0.2) is 4.98 Å². The van der Waals surface area contributed by atoms with Gasteiger partial charge in [-0.05, 0) is 31.5 Å². The van der Waals surface area contributed by atoms with Crippen molar-refractivity contribution in [3.8, 4) is 0 Å². The molecule has 0 aliphatic carbocycles. The summed E-state index contributed by atoms with van der Waals surface area (Å²) in [5, 5.41) is 3.52. The molecule has 0 unspecified atom stereocenters. The maximum atomic E-state index is 4.61. The molecular weight excluding hydrogens is 302 g/mol. The number of imidazole rings is 1. The highest BCUT2D eigenvalue weighted by atomic mass is 79.9. The zero-order chi connectivity index (χ0) is 13.5. The van der Waals surface area contributed by atoms with E-state index in [2.05, 4.69) is 68.9 Å². The Bertz CT molecular complexity index is 584. The van der Waals surface area contributed by atoms with E-state index >= 15 is 0 Å². The number of aromatic nitrogens is 2. The van der Waals surface area contributed by atoms with Crippen molar-refractivity contribution in [2.75, 3.05) is 6.54 Å². The molecule has 0 radical (unpaired) electrons. The average molecular weight is 320 g/mol. The Morgan fingerprint density at radius 1 is 1.32 bits per heavy atom. The zero-order valence-electron chi connectivity index (χ0n) is 11.3. The Hall–Kier alpha value is -1.13. The quantitative estimate of drug-likeness (QED) is 0.922. The molecule has 1 aliphatic heterocycles. The summed E-state index contributed by atoms with van der Waals surface area (Å²) in [5.41, 5.74) is 3.85. The standard InChI is InChI=1S/C15H18BrN3/c1-15(2)14-13(7-8-18-15)19(10-17-14)9-11-3-5-12(16)6-4-11/h3-6,10,18H,7-9H2,1-2H3. The molecule has 3 nitrogen and oxygen atoms in total. The van der Waals surface area contributed by atoms with Gasteiger partial charge in [0.25, 0.3) is 0 Å². The lowest BCUT2D eigenvalue weighted by molar-refractivity contribution is 0.368. The molecule has 2 aromatic rings. The summed E-state index contributed by atoms with van der Waals surface area (Å²) < 4.78 is 3.40. The SMILES string of the molecule is CC1(C)NCCc2c1ncn2Cc1ccc(Br)cc1. The van der Waals surface area contributed by atoms with Crippen LogP contribution in [0.2, 0.25) is 0 Å². The summed E-state index contributed by atoms with van der Waals surface area (Å²) in [7, 11) is 0. The molecular formula is C15H18BrN3. The largest absolute Gasteiger partial charge is 0.330 e. The van der Waals surface area contributed by atoms with Crippen molar-refractivity contribution < 1.29 is 0 Å². The highest BCUT2D eigenvalue weighted by molar-refractivity contribution is 9.10. The van der Waals surface area contributed by atoms with Gasteiger partial charge >= 0.3 is 0 Å². The van der Waals surface area contributed by atoms with Crippen molar-refractivity contribution in [1.29, 1.82) is 0 Å². The van der Waals surface area contributed by atoms with Crippen LogP contribution in [0.4, 0.5) is 0 Å². The van der Waals surface area contributed by atoms with Crippen LogP contribution >= 0.6 is 15.9 Å². The van der Waals surface area contributed by atoms with Crippen LogP contribution < -0.4 is 5.32 Å². The average Bonchev–Trinajstić information content (AvgIpc) is 2.77. The minimum atomic E-state index is -0.0153. The van der Waals surface area contributed by atoms with Crippen LogP contribution in [0.3, 0.4) is 0 Å². The topological polar surface area (TPSA) is 29.9 Å². The van der Waals surface area contributed by atoms with Crippen LogP contribution in [-0.4, -0.2) is 16.1 Å². The second-order valence-corrected chi connectivity index (χ2v) is 6.51. The maximum absolute atomic E-state index is 4.61. The molecule has 1 aliphatic rings. The van der Waals surface area contributed by atoms with Gasteiger partial charge in [0.2, 0.25) is 0 Å². The number of rotatable bonds is 2. The van der Waals surface area contributed by atoms with Crippen molar-refractivity contribution in [2.24, 2.45) is 0 Å². The van der Waals surface area contributed by atoms with Gasteiger partial charge in [0.15, 0.2) is 0 Å². The molecule has 0 saturated carbocycles. The summed E-state index contributed by atoms with van der Waals surface area (Å²) in [6, 6.07) is 8.49. The fourth-order valence-electron chi connectivity index (χ4n) is 2.69. The van der Waals surface area contributed by atoms with E-state index in [1.807, 2.05) is 6.33 Å². The van der Waals surface area contributed by atoms with Crippen LogP contribution in [0.25, 0.3) is 0 Å². The first-order valence-corrected chi connectivity index (χ1v) is 7.39. The fourth-order valence-corrected chi connectivity index (χ4v) is 2.96. The first-order valence-electron chi connectivity index (χ1n) is 6.60. The van der Waals surface area contributed by atoms with Crippen molar-refractivity contribution in [3.05, 3.63) is 52.0 Å². The molecule has 0 atom stereocenters. The van der Waals surface area contributed by atoms with Crippen LogP contribution in [0.5, 0.6) is 0 Å². The summed E-state index contributed by atoms with van der Waals surface area (Å²) in [6.45, 7) is 6.31. The van der Waals surface area contributed by atoms with Crippen molar-refractivity contribution in [3.63, 3.8) is 0 Å². The first kappa shape index (κ1) is 12.9. The van der Waals surface area contributed by atoms with Crippen molar-refractivity contribution >= 4 is 15.9 Å². The van der Waals surface area contributed by atoms with Gasteiger partial charge in [0, 0.05) is 29.7 Å². The van der Waals surface area contributed by atoms with E-state index in [4.69, 9.17) is 0 Å². The summed E-state index contributed by atoms with van der Waals surface area (Å²) in [4.78, 5) is 4.61. The normalized spacial score (nSPS) is 17.2. The predicted octanol–water partition coefficient (Wildman–Crippen LogP) is 3.07. The second-order valence-electron chi connectivity index (χ2n) is 5.60. The van der Waals surface area contributed by atoms with Gasteiger partial charge in [-0.1, -0.05) is 28.1 Å². The number of fused-ring (bicyclic) bond motifs is 1. The lowest BCUT2D eigenvalue weighted by Gasteiger charge is -2.30. The van der Waals surface area contributed by atoms with E-state index in [9.17, 15) is 0 Å². The van der Waals surface area contributed by atoms with Gasteiger partial charge in [0.1, 0.15) is 0 Å². The van der Waals surface area contributed by atoms with Gasteiger partial charge < -0.3 is 9.88 Å². The van der Waals surface area contributed by atoms with Gasteiger partial charge in [-0.2, -0.15) is 0 Å². The molecule has 1 aromatic carbocycles. The summed E-state index contributed by atoms with van der Waals surface area (Å²) in [5.74, 6) is 0. The van der Waals surface area contributed by atoms with E-state index in [1.165, 1.54) is 17.0 Å². The summed E-state index contributed by atoms with van der Waals surface area (Å²) in [6.07, 6.45) is 3.02. The third kappa shape index (κ3) is 2.47. The molecule has 2 heterocycles. The monoisotopic (exact) mass is 319 g/mol. The van der Waals surface area contributed by atoms with Gasteiger partial charge in [-0.15, -0.1) is 0 Å². The van der Waals surface area contributed by atoms with Gasteiger partial charge in [-0.3, -0.25) is 0 Å². The molecule has 0 spiro atoms. The third-order valence-corrected chi connectivity index (χ3v) is 4.26. The molecule has 100 valence electrons. The van der Waals surface area contributed by atoms with Crippen molar-refractivity contribution in [1.82, 2.24) is 14.9 Å². The molecule has 1 aromatic heterocycles. The Morgan fingerprint density at radius 3 is 2.79 bits per heavy atom. The maximum Gasteiger partial charge on any atom is 0.0955 e. The number of nitrogens with zero attached hydrogens (tertiary/aromatic N) is 2. The number of halogens is 1. The Kier molecular flexibility index (Phi) is 3.23. The van der Waals surface area contributed by atoms with Crippen LogP contribution in [-0.2, 0) is 18.5 Å². The Morgan fingerprint density at radius 2 is 2.05 bits per heavy atom. The molecule has 3 rings (SSSR count). The van der Waals surface area contributed by atoms with Crippen LogP contribution in [0.15, 0.2) is 35.1 Å². The first-order chi connectivity index (χ1) is 9.06. The van der Waals surface area contributed by atoms with E-state index in [1.54, 1.807) is 0 Å². The fraction of sp³-hybridized carbons (Fsp3) is 0.400. The summed E-state index contributed by atoms with van der Waals surface area (Å²) >= 11 is 3.47. The molecule has 0 bridgehead atoms. The third-order valence-electron chi connectivity index (χ3n) is 3.73. The Balaban J connectivity index is 1.91. The number of hydrogen-bond donors (Lipinski definition) is 1. The molecule has 0 saturated heterocycles. The highest BCUT2D eigenvalue weighted by Gasteiger charge is 2.30. The predicted molar refractivity (Wildman–Crippen MR) is 80.2 cm³/mol. The molecule has 4 heteroatoms. The number of nitrogens with one attached hydrogen (secondary N) is 1. The lowest BCUT2D eigenvalue weighted by Crippen LogP contribution is -2.43. The molecule has 19 heavy (non-hydrogen) atoms. The minimum absolute atomic E-state index is 0.0153. The number of benzene rings is 1. The second kappa shape index (κ2) is 4.76. The molecule has 0 fully saturated rings. The molecule has 1 N–H and O–H groups in total. The van der Waals surface area contributed by atoms with Gasteiger partial charge in [0.05, 0.1) is 17.6 Å². The van der Waals surface area contributed by atoms with E-state index < -0.39 is 0 Å². The van der Waals surface area contributed by atoms with E-state index in [-0.39, 0.29) is 5.54 Å². The lowest BCUT2D eigenvalue weighted by atomic mass is 9.93. The highest BCUT2D eigenvalue weighted by Crippen LogP contribution is 2.27. The van der Waals surface area contributed by atoms with Crippen LogP contribution in [0.1, 0.15) is 30.8 Å². The van der Waals surface area contributed by atoms with Crippen LogP contribution in [0, 0.1) is 0 Å². The molecule has 0 amide bonds. The van der Waals surface area contributed by atoms with E-state index in [0.29, 0.717) is 0 Å². The van der Waals surface area contributed by atoms with E-state index in [0.717, 1.165) is 24.0 Å². The zero-order valence-corrected chi connectivity index (χ0v) is 12.9. The smallest absolute Gasteiger partial charge is 0.0955 e. The number of hydrogen-bond acceptors (Lipinski definition) is 2. The Labute approximate surface area is 122 Å².